The third kappa shape index (κ3) is 4.34. The summed E-state index contributed by atoms with van der Waals surface area (Å²) in [6.07, 6.45) is 6.51. The zero-order valence-electron chi connectivity index (χ0n) is 14.3. The molecule has 25 heavy (non-hydrogen) atoms. The largest absolute Gasteiger partial charge is 0.285 e. The van der Waals surface area contributed by atoms with Gasteiger partial charge in [0.2, 0.25) is 0 Å². The Morgan fingerprint density at radius 1 is 0.680 bits per heavy atom. The van der Waals surface area contributed by atoms with Crippen molar-refractivity contribution in [2.24, 2.45) is 0 Å². The molecule has 0 radical (unpaired) electrons. The molecule has 4 heteroatoms. The number of fused-ring (bicyclic) bond motifs is 1. The molecule has 0 aliphatic carbocycles. The number of imide groups is 1. The van der Waals surface area contributed by atoms with Crippen molar-refractivity contribution < 1.29 is 14.4 Å². The Morgan fingerprint density at radius 3 is 1.92 bits per heavy atom. The second-order valence-electron chi connectivity index (χ2n) is 6.29. The smallest absolute Gasteiger partial charge is 0.266 e. The normalized spacial score (nSPS) is 13.4. The molecule has 1 heterocycles. The summed E-state index contributed by atoms with van der Waals surface area (Å²) in [5.41, 5.74) is 2.23. The highest BCUT2D eigenvalue weighted by Gasteiger charge is 2.36. The number of nitrogens with zero attached hydrogens (tertiary/aromatic N) is 1. The van der Waals surface area contributed by atoms with E-state index >= 15 is 0 Å². The van der Waals surface area contributed by atoms with Gasteiger partial charge in [0.15, 0.2) is 0 Å². The fourth-order valence-electron chi connectivity index (χ4n) is 3.05. The number of benzene rings is 2. The van der Waals surface area contributed by atoms with Gasteiger partial charge < -0.3 is 0 Å². The second kappa shape index (κ2) is 8.58. The highest BCUT2D eigenvalue weighted by Crippen LogP contribution is 2.22. The van der Waals surface area contributed by atoms with Gasteiger partial charge in [0, 0.05) is 0 Å². The maximum atomic E-state index is 12.1. The van der Waals surface area contributed by atoms with Gasteiger partial charge in [-0.15, -0.1) is 5.06 Å². The van der Waals surface area contributed by atoms with E-state index in [4.69, 9.17) is 4.84 Å². The van der Waals surface area contributed by atoms with Crippen molar-refractivity contribution in [2.75, 3.05) is 6.61 Å². The quantitative estimate of drug-likeness (QED) is 0.503. The van der Waals surface area contributed by atoms with Crippen LogP contribution in [0.4, 0.5) is 0 Å². The maximum Gasteiger partial charge on any atom is 0.285 e. The Balaban J connectivity index is 1.29. The van der Waals surface area contributed by atoms with Crippen LogP contribution >= 0.6 is 0 Å². The second-order valence-corrected chi connectivity index (χ2v) is 6.29. The SMILES string of the molecule is O=C1c2ccccc2C(=O)N1OCCCCCCCc1ccccc1. The van der Waals surface area contributed by atoms with Crippen LogP contribution in [-0.2, 0) is 11.3 Å². The number of hydrogen-bond donors (Lipinski definition) is 0. The fourth-order valence-corrected chi connectivity index (χ4v) is 3.05. The van der Waals surface area contributed by atoms with Crippen LogP contribution in [0.2, 0.25) is 0 Å². The number of carbonyl (C=O) groups excluding carboxylic acids is 2. The van der Waals surface area contributed by atoms with Gasteiger partial charge in [-0.05, 0) is 37.0 Å². The van der Waals surface area contributed by atoms with Crippen molar-refractivity contribution >= 4 is 11.8 Å². The predicted molar refractivity (Wildman–Crippen MR) is 96.1 cm³/mol. The van der Waals surface area contributed by atoms with E-state index in [1.54, 1.807) is 24.3 Å². The van der Waals surface area contributed by atoms with Crippen molar-refractivity contribution in [3.63, 3.8) is 0 Å². The summed E-state index contributed by atoms with van der Waals surface area (Å²) in [5.74, 6) is -0.716. The summed E-state index contributed by atoms with van der Waals surface area (Å²) < 4.78 is 0. The molecular weight excluding hydrogens is 314 g/mol. The zero-order valence-corrected chi connectivity index (χ0v) is 14.3. The first-order valence-electron chi connectivity index (χ1n) is 8.92. The molecule has 0 saturated heterocycles. The Bertz CT molecular complexity index is 692. The first-order valence-corrected chi connectivity index (χ1v) is 8.92. The number of rotatable bonds is 9. The van der Waals surface area contributed by atoms with Crippen molar-refractivity contribution in [3.8, 4) is 0 Å². The highest BCUT2D eigenvalue weighted by molar-refractivity contribution is 6.20. The van der Waals surface area contributed by atoms with E-state index in [9.17, 15) is 9.59 Å². The molecular formula is C21H23NO3. The Kier molecular flexibility index (Phi) is 5.96. The average Bonchev–Trinajstić information content (AvgIpc) is 2.90. The number of unbranched alkanes of at least 4 members (excludes halogenated alkanes) is 4. The minimum Gasteiger partial charge on any atom is -0.266 e. The highest BCUT2D eigenvalue weighted by atomic mass is 16.7. The maximum absolute atomic E-state index is 12.1. The van der Waals surface area contributed by atoms with E-state index in [1.807, 2.05) is 6.07 Å². The summed E-state index contributed by atoms with van der Waals surface area (Å²) in [7, 11) is 0. The fraction of sp³-hybridized carbons (Fsp3) is 0.333. The summed E-state index contributed by atoms with van der Waals surface area (Å²) in [6.45, 7) is 0.393. The molecule has 130 valence electrons. The van der Waals surface area contributed by atoms with E-state index in [-0.39, 0.29) is 11.8 Å². The van der Waals surface area contributed by atoms with Crippen LogP contribution in [0.5, 0.6) is 0 Å². The number of carbonyl (C=O) groups is 2. The van der Waals surface area contributed by atoms with E-state index in [0.717, 1.165) is 30.7 Å². The molecule has 0 bridgehead atoms. The van der Waals surface area contributed by atoms with Gasteiger partial charge in [-0.25, -0.2) is 0 Å². The van der Waals surface area contributed by atoms with Crippen LogP contribution in [0, 0.1) is 0 Å². The van der Waals surface area contributed by atoms with E-state index in [2.05, 4.69) is 24.3 Å². The van der Waals surface area contributed by atoms with Crippen molar-refractivity contribution in [3.05, 3.63) is 71.3 Å². The Morgan fingerprint density at radius 2 is 1.24 bits per heavy atom. The first-order chi connectivity index (χ1) is 12.3. The number of amides is 2. The molecule has 2 aromatic carbocycles. The number of aryl methyl sites for hydroxylation is 1. The Labute approximate surface area is 148 Å². The average molecular weight is 337 g/mol. The number of hydrogen-bond acceptors (Lipinski definition) is 3. The summed E-state index contributed by atoms with van der Waals surface area (Å²) >= 11 is 0. The molecule has 3 rings (SSSR count). The first kappa shape index (κ1) is 17.4. The molecule has 0 N–H and O–H groups in total. The van der Waals surface area contributed by atoms with Gasteiger partial charge in [0.1, 0.15) is 0 Å². The van der Waals surface area contributed by atoms with Crippen LogP contribution in [0.25, 0.3) is 0 Å². The van der Waals surface area contributed by atoms with Gasteiger partial charge in [0.25, 0.3) is 11.8 Å². The molecule has 0 fully saturated rings. The summed E-state index contributed by atoms with van der Waals surface area (Å²) in [6, 6.07) is 17.3. The van der Waals surface area contributed by atoms with Crippen molar-refractivity contribution in [1.82, 2.24) is 5.06 Å². The number of hydroxylamine groups is 2. The van der Waals surface area contributed by atoms with Crippen LogP contribution in [0.1, 0.15) is 58.4 Å². The molecule has 1 aliphatic heterocycles. The molecule has 0 atom stereocenters. The molecule has 0 aromatic heterocycles. The van der Waals surface area contributed by atoms with Crippen LogP contribution < -0.4 is 0 Å². The molecule has 0 saturated carbocycles. The van der Waals surface area contributed by atoms with E-state index in [0.29, 0.717) is 17.7 Å². The van der Waals surface area contributed by atoms with Crippen molar-refractivity contribution in [2.45, 2.75) is 38.5 Å². The Hall–Kier alpha value is -2.46. The summed E-state index contributed by atoms with van der Waals surface area (Å²) in [4.78, 5) is 29.7. The van der Waals surface area contributed by atoms with Gasteiger partial charge in [-0.3, -0.25) is 14.4 Å². The van der Waals surface area contributed by atoms with E-state index in [1.165, 1.54) is 18.4 Å². The van der Waals surface area contributed by atoms with Gasteiger partial charge in [-0.2, -0.15) is 0 Å². The summed E-state index contributed by atoms with van der Waals surface area (Å²) in [5, 5.41) is 0.903. The van der Waals surface area contributed by atoms with Crippen LogP contribution in [-0.4, -0.2) is 23.5 Å². The topological polar surface area (TPSA) is 46.6 Å². The van der Waals surface area contributed by atoms with E-state index < -0.39 is 0 Å². The lowest BCUT2D eigenvalue weighted by Crippen LogP contribution is -2.30. The monoisotopic (exact) mass is 337 g/mol. The van der Waals surface area contributed by atoms with Gasteiger partial charge >= 0.3 is 0 Å². The lowest BCUT2D eigenvalue weighted by molar-refractivity contribution is -0.0922. The molecule has 0 unspecified atom stereocenters. The molecule has 2 amide bonds. The van der Waals surface area contributed by atoms with Gasteiger partial charge in [0.05, 0.1) is 17.7 Å². The zero-order chi connectivity index (χ0) is 17.5. The lowest BCUT2D eigenvalue weighted by atomic mass is 10.1. The third-order valence-electron chi connectivity index (χ3n) is 4.43. The molecule has 0 spiro atoms. The standard InChI is InChI=1S/C21H23NO3/c23-20-18-14-8-9-15-19(18)21(24)22(20)25-16-10-3-1-2-5-11-17-12-6-4-7-13-17/h4,6-9,12-15H,1-3,5,10-11,16H2. The third-order valence-corrected chi connectivity index (χ3v) is 4.43. The van der Waals surface area contributed by atoms with Crippen molar-refractivity contribution in [1.29, 1.82) is 0 Å². The minimum absolute atomic E-state index is 0.358. The molecule has 4 nitrogen and oxygen atoms in total. The molecule has 2 aromatic rings. The predicted octanol–water partition coefficient (Wildman–Crippen LogP) is 4.41. The minimum atomic E-state index is -0.358. The van der Waals surface area contributed by atoms with Gasteiger partial charge in [-0.1, -0.05) is 61.7 Å². The molecule has 1 aliphatic rings. The lowest BCUT2D eigenvalue weighted by Gasteiger charge is -2.13. The van der Waals surface area contributed by atoms with Crippen LogP contribution in [0.15, 0.2) is 54.6 Å². The van der Waals surface area contributed by atoms with Crippen LogP contribution in [0.3, 0.4) is 0 Å².